The van der Waals surface area contributed by atoms with E-state index in [1.54, 1.807) is 12.1 Å². The molecule has 23 heavy (non-hydrogen) atoms. The van der Waals surface area contributed by atoms with Crippen LogP contribution in [0.4, 0.5) is 5.69 Å². The van der Waals surface area contributed by atoms with Crippen LogP contribution in [-0.4, -0.2) is 17.3 Å². The Balaban J connectivity index is 2.68. The number of nitrogens with zero attached hydrogens (tertiary/aromatic N) is 4. The van der Waals surface area contributed by atoms with Crippen molar-refractivity contribution in [3.05, 3.63) is 64.0 Å². The first kappa shape index (κ1) is 15.9. The van der Waals surface area contributed by atoms with Crippen molar-refractivity contribution in [3.8, 4) is 12.1 Å². The van der Waals surface area contributed by atoms with Gasteiger partial charge in [-0.25, -0.2) is 12.4 Å². The SMILES string of the molecule is N#CC(C#N)=Cc1cccn1S(=O)(=O)c1ccccc1[N+](=O)[O-]. The standard InChI is InChI=1S/C14H8N4O4S/c15-9-11(10-16)8-12-4-3-7-17(12)23(21,22)14-6-2-1-5-13(14)18(19)20/h1-8H. The second-order valence-corrected chi connectivity index (χ2v) is 6.02. The zero-order chi connectivity index (χ0) is 17.0. The zero-order valence-electron chi connectivity index (χ0n) is 11.4. The van der Waals surface area contributed by atoms with Gasteiger partial charge in [-0.2, -0.15) is 10.5 Å². The van der Waals surface area contributed by atoms with Crippen LogP contribution in [0.5, 0.6) is 0 Å². The van der Waals surface area contributed by atoms with Crippen LogP contribution < -0.4 is 0 Å². The maximum atomic E-state index is 12.7. The molecule has 0 N–H and O–H groups in total. The van der Waals surface area contributed by atoms with Gasteiger partial charge in [-0.3, -0.25) is 10.1 Å². The molecule has 0 aliphatic rings. The third-order valence-corrected chi connectivity index (χ3v) is 4.63. The number of nitriles is 2. The fourth-order valence-corrected chi connectivity index (χ4v) is 3.37. The van der Waals surface area contributed by atoms with Crippen molar-refractivity contribution in [2.45, 2.75) is 4.90 Å². The number of rotatable bonds is 4. The molecule has 9 heteroatoms. The van der Waals surface area contributed by atoms with Gasteiger partial charge < -0.3 is 0 Å². The Bertz CT molecular complexity index is 974. The molecule has 2 rings (SSSR count). The molecule has 0 fully saturated rings. The van der Waals surface area contributed by atoms with Crippen LogP contribution in [0.2, 0.25) is 0 Å². The normalized spacial score (nSPS) is 10.3. The summed E-state index contributed by atoms with van der Waals surface area (Å²) in [7, 11) is -4.25. The van der Waals surface area contributed by atoms with Crippen LogP contribution in [0, 0.1) is 32.8 Å². The number of nitro benzene ring substituents is 1. The van der Waals surface area contributed by atoms with E-state index >= 15 is 0 Å². The molecule has 0 aliphatic carbocycles. The number of allylic oxidation sites excluding steroid dienone is 1. The highest BCUT2D eigenvalue weighted by molar-refractivity contribution is 7.90. The van der Waals surface area contributed by atoms with Gasteiger partial charge in [-0.05, 0) is 24.3 Å². The third kappa shape index (κ3) is 2.95. The van der Waals surface area contributed by atoms with Gasteiger partial charge in [0.2, 0.25) is 0 Å². The lowest BCUT2D eigenvalue weighted by Gasteiger charge is -2.08. The molecule has 0 bridgehead atoms. The van der Waals surface area contributed by atoms with E-state index in [0.29, 0.717) is 0 Å². The number of aromatic nitrogens is 1. The van der Waals surface area contributed by atoms with Gasteiger partial charge in [0, 0.05) is 12.3 Å². The first-order valence-electron chi connectivity index (χ1n) is 6.10. The fourth-order valence-electron chi connectivity index (χ4n) is 1.88. The van der Waals surface area contributed by atoms with E-state index in [1.807, 2.05) is 0 Å². The largest absolute Gasteiger partial charge is 0.289 e. The Morgan fingerprint density at radius 2 is 1.83 bits per heavy atom. The molecular formula is C14H8N4O4S. The number of nitro groups is 1. The summed E-state index contributed by atoms with van der Waals surface area (Å²) in [4.78, 5) is 9.76. The number of benzene rings is 1. The molecule has 0 radical (unpaired) electrons. The van der Waals surface area contributed by atoms with Crippen LogP contribution in [0.3, 0.4) is 0 Å². The van der Waals surface area contributed by atoms with Gasteiger partial charge in [-0.15, -0.1) is 0 Å². The van der Waals surface area contributed by atoms with Crippen LogP contribution in [-0.2, 0) is 10.0 Å². The smallest absolute Gasteiger partial charge is 0.258 e. The molecule has 1 aromatic heterocycles. The van der Waals surface area contributed by atoms with Crippen LogP contribution >= 0.6 is 0 Å². The monoisotopic (exact) mass is 328 g/mol. The van der Waals surface area contributed by atoms with Crippen LogP contribution in [0.1, 0.15) is 5.69 Å². The predicted octanol–water partition coefficient (Wildman–Crippen LogP) is 2.06. The van der Waals surface area contributed by atoms with Crippen molar-refractivity contribution in [3.63, 3.8) is 0 Å². The number of hydrogen-bond donors (Lipinski definition) is 0. The highest BCUT2D eigenvalue weighted by Gasteiger charge is 2.27. The summed E-state index contributed by atoms with van der Waals surface area (Å²) in [6.45, 7) is 0. The molecule has 1 heterocycles. The van der Waals surface area contributed by atoms with E-state index in [2.05, 4.69) is 0 Å². The molecule has 0 atom stereocenters. The van der Waals surface area contributed by atoms with Crippen molar-refractivity contribution in [2.24, 2.45) is 0 Å². The molecular weight excluding hydrogens is 320 g/mol. The van der Waals surface area contributed by atoms with E-state index in [9.17, 15) is 18.5 Å². The molecule has 114 valence electrons. The topological polar surface area (TPSA) is 130 Å². The van der Waals surface area contributed by atoms with Gasteiger partial charge in [0.15, 0.2) is 4.90 Å². The number of hydrogen-bond acceptors (Lipinski definition) is 6. The molecule has 2 aromatic rings. The first-order chi connectivity index (χ1) is 10.9. The molecule has 0 spiro atoms. The lowest BCUT2D eigenvalue weighted by molar-refractivity contribution is -0.387. The number of para-hydroxylation sites is 1. The summed E-state index contributed by atoms with van der Waals surface area (Å²) in [5.41, 5.74) is -0.805. The van der Waals surface area contributed by atoms with Crippen LogP contribution in [0.25, 0.3) is 6.08 Å². The highest BCUT2D eigenvalue weighted by atomic mass is 32.2. The van der Waals surface area contributed by atoms with Crippen molar-refractivity contribution in [1.82, 2.24) is 3.97 Å². The van der Waals surface area contributed by atoms with Gasteiger partial charge >= 0.3 is 0 Å². The summed E-state index contributed by atoms with van der Waals surface area (Å²) in [6, 6.07) is 10.9. The second-order valence-electron chi connectivity index (χ2n) is 4.24. The Hall–Kier alpha value is -3.43. The van der Waals surface area contributed by atoms with Gasteiger partial charge in [0.1, 0.15) is 17.7 Å². The first-order valence-corrected chi connectivity index (χ1v) is 7.54. The minimum absolute atomic E-state index is 0.0428. The van der Waals surface area contributed by atoms with Gasteiger partial charge in [0.05, 0.1) is 10.6 Å². The average Bonchev–Trinajstić information content (AvgIpc) is 3.01. The third-order valence-electron chi connectivity index (χ3n) is 2.87. The van der Waals surface area contributed by atoms with Crippen molar-refractivity contribution in [1.29, 1.82) is 10.5 Å². The quantitative estimate of drug-likeness (QED) is 0.479. The zero-order valence-corrected chi connectivity index (χ0v) is 12.3. The maximum absolute atomic E-state index is 12.7. The summed E-state index contributed by atoms with van der Waals surface area (Å²) in [6.07, 6.45) is 2.27. The Morgan fingerprint density at radius 1 is 1.17 bits per heavy atom. The summed E-state index contributed by atoms with van der Waals surface area (Å²) >= 11 is 0. The summed E-state index contributed by atoms with van der Waals surface area (Å²) < 4.78 is 26.1. The molecule has 0 saturated carbocycles. The fraction of sp³-hybridized carbons (Fsp3) is 0. The molecule has 1 aromatic carbocycles. The Labute approximate surface area is 131 Å². The molecule has 0 amide bonds. The minimum atomic E-state index is -4.25. The van der Waals surface area contributed by atoms with Crippen molar-refractivity contribution < 1.29 is 13.3 Å². The van der Waals surface area contributed by atoms with E-state index in [-0.39, 0.29) is 11.3 Å². The van der Waals surface area contributed by atoms with Crippen LogP contribution in [0.15, 0.2) is 53.1 Å². The average molecular weight is 328 g/mol. The predicted molar refractivity (Wildman–Crippen MR) is 79.3 cm³/mol. The lowest BCUT2D eigenvalue weighted by atomic mass is 10.2. The Morgan fingerprint density at radius 3 is 2.43 bits per heavy atom. The second kappa shape index (κ2) is 6.13. The van der Waals surface area contributed by atoms with E-state index in [0.717, 1.165) is 22.2 Å². The molecule has 0 aliphatic heterocycles. The lowest BCUT2D eigenvalue weighted by Crippen LogP contribution is -2.15. The maximum Gasteiger partial charge on any atom is 0.289 e. The van der Waals surface area contributed by atoms with E-state index < -0.39 is 25.5 Å². The molecule has 0 saturated heterocycles. The molecule has 8 nitrogen and oxygen atoms in total. The summed E-state index contributed by atoms with van der Waals surface area (Å²) in [5.74, 6) is 0. The van der Waals surface area contributed by atoms with Gasteiger partial charge in [0.25, 0.3) is 15.7 Å². The minimum Gasteiger partial charge on any atom is -0.258 e. The molecule has 0 unspecified atom stereocenters. The van der Waals surface area contributed by atoms with Crippen molar-refractivity contribution >= 4 is 21.8 Å². The van der Waals surface area contributed by atoms with Crippen molar-refractivity contribution in [2.75, 3.05) is 0 Å². The van der Waals surface area contributed by atoms with Gasteiger partial charge in [-0.1, -0.05) is 12.1 Å². The highest BCUT2D eigenvalue weighted by Crippen LogP contribution is 2.26. The van der Waals surface area contributed by atoms with E-state index in [1.165, 1.54) is 30.5 Å². The van der Waals surface area contributed by atoms with E-state index in [4.69, 9.17) is 10.5 Å². The summed E-state index contributed by atoms with van der Waals surface area (Å²) in [5, 5.41) is 28.6. The Kier molecular flexibility index (Phi) is 4.25.